The van der Waals surface area contributed by atoms with Gasteiger partial charge >= 0.3 is 0 Å². The molecule has 2 heteroatoms. The Hall–Kier alpha value is -1.02. The molecule has 3 rings (SSSR count). The fraction of sp³-hybridized carbons (Fsp3) is 0.667. The molecule has 1 N–H and O–H groups in total. The van der Waals surface area contributed by atoms with Gasteiger partial charge in [-0.05, 0) is 38.2 Å². The third-order valence-corrected chi connectivity index (χ3v) is 4.84. The van der Waals surface area contributed by atoms with E-state index in [2.05, 4.69) is 44.3 Å². The second-order valence-electron chi connectivity index (χ2n) is 7.19. The number of benzene rings is 1. The summed E-state index contributed by atoms with van der Waals surface area (Å²) in [6, 6.07) is 7.26. The second kappa shape index (κ2) is 5.40. The van der Waals surface area contributed by atoms with E-state index in [1.54, 1.807) is 0 Å². The first-order valence-corrected chi connectivity index (χ1v) is 8.08. The van der Waals surface area contributed by atoms with Crippen LogP contribution in [0.1, 0.15) is 57.6 Å². The van der Waals surface area contributed by atoms with Crippen molar-refractivity contribution in [3.05, 3.63) is 29.3 Å². The maximum atomic E-state index is 6.15. The number of hydrogen-bond donors (Lipinski definition) is 1. The first-order valence-electron chi connectivity index (χ1n) is 8.08. The van der Waals surface area contributed by atoms with Gasteiger partial charge < -0.3 is 10.1 Å². The molecule has 1 aliphatic heterocycles. The zero-order chi connectivity index (χ0) is 14.2. The lowest BCUT2D eigenvalue weighted by Crippen LogP contribution is -2.36. The van der Waals surface area contributed by atoms with E-state index in [4.69, 9.17) is 4.74 Å². The predicted molar refractivity (Wildman–Crippen MR) is 83.1 cm³/mol. The summed E-state index contributed by atoms with van der Waals surface area (Å²) in [6.07, 6.45) is 6.49. The van der Waals surface area contributed by atoms with E-state index in [1.807, 2.05) is 0 Å². The van der Waals surface area contributed by atoms with Crippen molar-refractivity contribution in [1.29, 1.82) is 0 Å². The van der Waals surface area contributed by atoms with Crippen molar-refractivity contribution in [3.8, 4) is 5.75 Å². The highest BCUT2D eigenvalue weighted by atomic mass is 16.5. The second-order valence-corrected chi connectivity index (χ2v) is 7.19. The van der Waals surface area contributed by atoms with Gasteiger partial charge in [0.25, 0.3) is 0 Å². The number of nitrogens with one attached hydrogen (secondary N) is 1. The number of ether oxygens (including phenoxy) is 1. The molecule has 2 unspecified atom stereocenters. The quantitative estimate of drug-likeness (QED) is 0.896. The fourth-order valence-corrected chi connectivity index (χ4v) is 3.68. The van der Waals surface area contributed by atoms with Gasteiger partial charge in [-0.2, -0.15) is 0 Å². The molecule has 1 aromatic carbocycles. The first-order chi connectivity index (χ1) is 9.55. The summed E-state index contributed by atoms with van der Waals surface area (Å²) in [4.78, 5) is 0. The minimum absolute atomic E-state index is 0.0451. The Labute approximate surface area is 122 Å². The van der Waals surface area contributed by atoms with Crippen molar-refractivity contribution in [2.45, 2.75) is 71.1 Å². The normalized spacial score (nSPS) is 27.9. The summed E-state index contributed by atoms with van der Waals surface area (Å²) in [5.41, 5.74) is 2.65. The number of hydrogen-bond acceptors (Lipinski definition) is 2. The van der Waals surface area contributed by atoms with Crippen molar-refractivity contribution < 1.29 is 4.74 Å². The van der Waals surface area contributed by atoms with Crippen molar-refractivity contribution in [2.75, 3.05) is 0 Å². The summed E-state index contributed by atoms with van der Waals surface area (Å²) >= 11 is 0. The number of fused-ring (bicyclic) bond motifs is 1. The van der Waals surface area contributed by atoms with Crippen molar-refractivity contribution >= 4 is 0 Å². The average molecular weight is 273 g/mol. The number of rotatable bonds is 3. The zero-order valence-corrected chi connectivity index (χ0v) is 13.0. The fourth-order valence-electron chi connectivity index (χ4n) is 3.68. The highest BCUT2D eigenvalue weighted by Crippen LogP contribution is 2.37. The lowest BCUT2D eigenvalue weighted by atomic mass is 9.86. The summed E-state index contributed by atoms with van der Waals surface area (Å²) in [5, 5.41) is 3.76. The molecule has 0 spiro atoms. The summed E-state index contributed by atoms with van der Waals surface area (Å²) < 4.78 is 6.15. The lowest BCUT2D eigenvalue weighted by molar-refractivity contribution is 0.137. The predicted octanol–water partition coefficient (Wildman–Crippen LogP) is 4.07. The standard InChI is InChI=1S/C18H27NO/c1-13-7-4-5-10-16(13)19-12-15-9-6-8-14-11-18(2,3)20-17(14)15/h6,8-9,13,16,19H,4-5,7,10-12H2,1-3H3. The van der Waals surface area contributed by atoms with E-state index in [9.17, 15) is 0 Å². The molecule has 2 nitrogen and oxygen atoms in total. The van der Waals surface area contributed by atoms with Gasteiger partial charge in [0.05, 0.1) is 0 Å². The molecule has 1 aliphatic carbocycles. The van der Waals surface area contributed by atoms with Crippen LogP contribution in [-0.4, -0.2) is 11.6 Å². The van der Waals surface area contributed by atoms with E-state index in [-0.39, 0.29) is 5.60 Å². The molecule has 0 aromatic heterocycles. The highest BCUT2D eigenvalue weighted by molar-refractivity contribution is 5.45. The molecule has 1 fully saturated rings. The summed E-state index contributed by atoms with van der Waals surface area (Å²) in [5.74, 6) is 1.94. The molecule has 1 aromatic rings. The van der Waals surface area contributed by atoms with Gasteiger partial charge in [-0.1, -0.05) is 38.0 Å². The van der Waals surface area contributed by atoms with Gasteiger partial charge in [-0.3, -0.25) is 0 Å². The molecule has 110 valence electrons. The van der Waals surface area contributed by atoms with Crippen LogP contribution in [0.3, 0.4) is 0 Å². The third kappa shape index (κ3) is 2.85. The molecule has 2 aliphatic rings. The molecule has 0 amide bonds. The minimum Gasteiger partial charge on any atom is -0.487 e. The Morgan fingerprint density at radius 1 is 1.25 bits per heavy atom. The largest absolute Gasteiger partial charge is 0.487 e. The van der Waals surface area contributed by atoms with Crippen LogP contribution in [0.2, 0.25) is 0 Å². The molecular weight excluding hydrogens is 246 g/mol. The molecule has 2 atom stereocenters. The van der Waals surface area contributed by atoms with E-state index >= 15 is 0 Å². The van der Waals surface area contributed by atoms with E-state index in [1.165, 1.54) is 36.8 Å². The Kier molecular flexibility index (Phi) is 3.76. The van der Waals surface area contributed by atoms with E-state index in [0.717, 1.165) is 24.6 Å². The summed E-state index contributed by atoms with van der Waals surface area (Å²) in [6.45, 7) is 7.67. The van der Waals surface area contributed by atoms with Gasteiger partial charge in [-0.15, -0.1) is 0 Å². The van der Waals surface area contributed by atoms with Crippen LogP contribution in [-0.2, 0) is 13.0 Å². The van der Waals surface area contributed by atoms with Gasteiger partial charge in [0.15, 0.2) is 0 Å². The van der Waals surface area contributed by atoms with Crippen LogP contribution >= 0.6 is 0 Å². The monoisotopic (exact) mass is 273 g/mol. The smallest absolute Gasteiger partial charge is 0.127 e. The molecule has 0 radical (unpaired) electrons. The summed E-state index contributed by atoms with van der Waals surface area (Å²) in [7, 11) is 0. The first kappa shape index (κ1) is 13.9. The minimum atomic E-state index is -0.0451. The molecule has 1 saturated carbocycles. The SMILES string of the molecule is CC1CCCCC1NCc1cccc2c1OC(C)(C)C2. The molecule has 0 saturated heterocycles. The topological polar surface area (TPSA) is 21.3 Å². The van der Waals surface area contributed by atoms with Gasteiger partial charge in [0, 0.05) is 24.6 Å². The van der Waals surface area contributed by atoms with Crippen LogP contribution in [0.5, 0.6) is 5.75 Å². The Morgan fingerprint density at radius 3 is 2.85 bits per heavy atom. The molecule has 1 heterocycles. The van der Waals surface area contributed by atoms with E-state index in [0.29, 0.717) is 6.04 Å². The van der Waals surface area contributed by atoms with Gasteiger partial charge in [-0.25, -0.2) is 0 Å². The Bertz CT molecular complexity index is 480. The highest BCUT2D eigenvalue weighted by Gasteiger charge is 2.31. The Morgan fingerprint density at radius 2 is 2.05 bits per heavy atom. The van der Waals surface area contributed by atoms with Gasteiger partial charge in [0.1, 0.15) is 11.4 Å². The van der Waals surface area contributed by atoms with Crippen molar-refractivity contribution in [2.24, 2.45) is 5.92 Å². The molecule has 0 bridgehead atoms. The van der Waals surface area contributed by atoms with Crippen LogP contribution < -0.4 is 10.1 Å². The molecule has 20 heavy (non-hydrogen) atoms. The van der Waals surface area contributed by atoms with Crippen molar-refractivity contribution in [3.63, 3.8) is 0 Å². The average Bonchev–Trinajstić information content (AvgIpc) is 2.72. The van der Waals surface area contributed by atoms with Crippen molar-refractivity contribution in [1.82, 2.24) is 5.32 Å². The van der Waals surface area contributed by atoms with Gasteiger partial charge in [0.2, 0.25) is 0 Å². The van der Waals surface area contributed by atoms with Crippen LogP contribution in [0, 0.1) is 5.92 Å². The molecular formula is C18H27NO. The van der Waals surface area contributed by atoms with E-state index < -0.39 is 0 Å². The Balaban J connectivity index is 1.69. The van der Waals surface area contributed by atoms with Crippen LogP contribution in [0.4, 0.5) is 0 Å². The maximum absolute atomic E-state index is 6.15. The maximum Gasteiger partial charge on any atom is 0.127 e. The zero-order valence-electron chi connectivity index (χ0n) is 13.0. The number of para-hydroxylation sites is 1. The lowest BCUT2D eigenvalue weighted by Gasteiger charge is -2.30. The van der Waals surface area contributed by atoms with Crippen LogP contribution in [0.25, 0.3) is 0 Å². The van der Waals surface area contributed by atoms with Crippen LogP contribution in [0.15, 0.2) is 18.2 Å². The third-order valence-electron chi connectivity index (χ3n) is 4.84.